The summed E-state index contributed by atoms with van der Waals surface area (Å²) in [6, 6.07) is 1.42. The number of carbonyl (C=O) groups excluding carboxylic acids is 1. The number of nitrogens with one attached hydrogen (secondary N) is 1. The number of amides is 1. The van der Waals surface area contributed by atoms with Gasteiger partial charge in [-0.2, -0.15) is 0 Å². The van der Waals surface area contributed by atoms with Crippen molar-refractivity contribution in [2.24, 2.45) is 5.92 Å². The van der Waals surface area contributed by atoms with Gasteiger partial charge in [0.25, 0.3) is 5.91 Å². The lowest BCUT2D eigenvalue weighted by molar-refractivity contribution is -0.137. The predicted octanol–water partition coefficient (Wildman–Crippen LogP) is 1.57. The van der Waals surface area contributed by atoms with Gasteiger partial charge in [0.05, 0.1) is 12.7 Å². The summed E-state index contributed by atoms with van der Waals surface area (Å²) in [5, 5.41) is 11.5. The van der Waals surface area contributed by atoms with Gasteiger partial charge in [-0.1, -0.05) is 0 Å². The van der Waals surface area contributed by atoms with Crippen LogP contribution in [0.1, 0.15) is 35.4 Å². The van der Waals surface area contributed by atoms with Crippen molar-refractivity contribution in [2.75, 3.05) is 0 Å². The van der Waals surface area contributed by atoms with Crippen molar-refractivity contribution in [2.45, 2.75) is 32.2 Å². The van der Waals surface area contributed by atoms with Crippen molar-refractivity contribution in [3.05, 3.63) is 23.7 Å². The van der Waals surface area contributed by atoms with Gasteiger partial charge in [0, 0.05) is 11.6 Å². The van der Waals surface area contributed by atoms with Crippen LogP contribution in [0.25, 0.3) is 0 Å². The van der Waals surface area contributed by atoms with E-state index in [0.717, 1.165) is 18.4 Å². The molecule has 5 heteroatoms. The van der Waals surface area contributed by atoms with Crippen LogP contribution < -0.4 is 5.32 Å². The van der Waals surface area contributed by atoms with Gasteiger partial charge in [-0.25, -0.2) is 0 Å². The van der Waals surface area contributed by atoms with Crippen molar-refractivity contribution < 1.29 is 19.1 Å². The van der Waals surface area contributed by atoms with E-state index in [2.05, 4.69) is 5.32 Å². The highest BCUT2D eigenvalue weighted by molar-refractivity contribution is 5.93. The largest absolute Gasteiger partial charge is 0.481 e. The molecule has 2 N–H and O–H groups in total. The number of rotatable bonds is 5. The summed E-state index contributed by atoms with van der Waals surface area (Å²) in [6.07, 6.45) is 3.38. The molecule has 0 unspecified atom stereocenters. The standard InChI is InChI=1S/C12H15NO4/c1-7-4-5-17-11(7)12(16)13-9(6-10(14)15)8-2-3-8/h4-5,8-9H,2-3,6H2,1H3,(H,13,16)(H,14,15)/t9-/m1/s1. The molecule has 0 spiro atoms. The second kappa shape index (κ2) is 4.61. The van der Waals surface area contributed by atoms with E-state index in [1.807, 2.05) is 0 Å². The normalized spacial score (nSPS) is 16.5. The van der Waals surface area contributed by atoms with Crippen LogP contribution in [0, 0.1) is 12.8 Å². The molecular weight excluding hydrogens is 222 g/mol. The molecule has 1 saturated carbocycles. The Morgan fingerprint density at radius 2 is 2.29 bits per heavy atom. The van der Waals surface area contributed by atoms with Gasteiger partial charge in [0.1, 0.15) is 0 Å². The maximum atomic E-state index is 11.9. The molecule has 2 rings (SSSR count). The van der Waals surface area contributed by atoms with E-state index >= 15 is 0 Å². The predicted molar refractivity (Wildman–Crippen MR) is 59.7 cm³/mol. The zero-order chi connectivity index (χ0) is 12.4. The molecule has 1 aliphatic carbocycles. The first-order valence-corrected chi connectivity index (χ1v) is 5.64. The molecule has 1 aliphatic rings. The van der Waals surface area contributed by atoms with E-state index in [-0.39, 0.29) is 24.1 Å². The van der Waals surface area contributed by atoms with Crippen molar-refractivity contribution in [1.29, 1.82) is 0 Å². The third-order valence-corrected chi connectivity index (χ3v) is 2.97. The van der Waals surface area contributed by atoms with Crippen LogP contribution in [-0.4, -0.2) is 23.0 Å². The fourth-order valence-corrected chi connectivity index (χ4v) is 1.86. The van der Waals surface area contributed by atoms with Crippen LogP contribution in [0.3, 0.4) is 0 Å². The van der Waals surface area contributed by atoms with E-state index < -0.39 is 5.97 Å². The van der Waals surface area contributed by atoms with Crippen LogP contribution in [0.2, 0.25) is 0 Å². The highest BCUT2D eigenvalue weighted by atomic mass is 16.4. The molecule has 1 atom stereocenters. The van der Waals surface area contributed by atoms with Crippen LogP contribution in [0.5, 0.6) is 0 Å². The third kappa shape index (κ3) is 2.87. The Morgan fingerprint density at radius 1 is 1.59 bits per heavy atom. The van der Waals surface area contributed by atoms with E-state index in [0.29, 0.717) is 5.92 Å². The van der Waals surface area contributed by atoms with Crippen molar-refractivity contribution in [1.82, 2.24) is 5.32 Å². The molecule has 5 nitrogen and oxygen atoms in total. The number of carbonyl (C=O) groups is 2. The fourth-order valence-electron chi connectivity index (χ4n) is 1.86. The number of furan rings is 1. The minimum Gasteiger partial charge on any atom is -0.481 e. The maximum Gasteiger partial charge on any atom is 0.305 e. The smallest absolute Gasteiger partial charge is 0.305 e. The summed E-state index contributed by atoms with van der Waals surface area (Å²) in [4.78, 5) is 22.6. The van der Waals surface area contributed by atoms with Crippen LogP contribution in [0.15, 0.2) is 16.7 Å². The molecule has 0 aromatic carbocycles. The molecule has 0 bridgehead atoms. The minimum absolute atomic E-state index is 0.0316. The summed E-state index contributed by atoms with van der Waals surface area (Å²) in [6.45, 7) is 1.78. The zero-order valence-electron chi connectivity index (χ0n) is 9.60. The first kappa shape index (κ1) is 11.7. The minimum atomic E-state index is -0.890. The van der Waals surface area contributed by atoms with Crippen LogP contribution in [-0.2, 0) is 4.79 Å². The lowest BCUT2D eigenvalue weighted by Gasteiger charge is -2.15. The maximum absolute atomic E-state index is 11.9. The second-order valence-corrected chi connectivity index (χ2v) is 4.45. The summed E-state index contributed by atoms with van der Waals surface area (Å²) in [7, 11) is 0. The SMILES string of the molecule is Cc1ccoc1C(=O)N[C@H](CC(=O)O)C1CC1. The summed E-state index contributed by atoms with van der Waals surface area (Å²) < 4.78 is 5.07. The van der Waals surface area contributed by atoms with Crippen molar-refractivity contribution >= 4 is 11.9 Å². The molecule has 0 radical (unpaired) electrons. The molecule has 17 heavy (non-hydrogen) atoms. The lowest BCUT2D eigenvalue weighted by atomic mass is 10.1. The van der Waals surface area contributed by atoms with Gasteiger partial charge < -0.3 is 14.8 Å². The van der Waals surface area contributed by atoms with Crippen LogP contribution >= 0.6 is 0 Å². The van der Waals surface area contributed by atoms with Gasteiger partial charge in [-0.05, 0) is 31.7 Å². The highest BCUT2D eigenvalue weighted by Crippen LogP contribution is 2.34. The Labute approximate surface area is 98.8 Å². The number of hydrogen-bond donors (Lipinski definition) is 2. The summed E-state index contributed by atoms with van der Waals surface area (Å²) in [5.41, 5.74) is 0.757. The monoisotopic (exact) mass is 237 g/mol. The average Bonchev–Trinajstić information content (AvgIpc) is 3.00. The fraction of sp³-hybridized carbons (Fsp3) is 0.500. The Balaban J connectivity index is 2.00. The Hall–Kier alpha value is -1.78. The first-order valence-electron chi connectivity index (χ1n) is 5.64. The van der Waals surface area contributed by atoms with Gasteiger partial charge in [0.2, 0.25) is 0 Å². The third-order valence-electron chi connectivity index (χ3n) is 2.97. The van der Waals surface area contributed by atoms with Crippen molar-refractivity contribution in [3.63, 3.8) is 0 Å². The highest BCUT2D eigenvalue weighted by Gasteiger charge is 2.34. The molecule has 0 aliphatic heterocycles. The molecule has 1 heterocycles. The second-order valence-electron chi connectivity index (χ2n) is 4.45. The number of aliphatic carboxylic acids is 1. The lowest BCUT2D eigenvalue weighted by Crippen LogP contribution is -2.38. The van der Waals surface area contributed by atoms with Crippen molar-refractivity contribution in [3.8, 4) is 0 Å². The number of aryl methyl sites for hydroxylation is 1. The molecular formula is C12H15NO4. The molecule has 1 aromatic rings. The zero-order valence-corrected chi connectivity index (χ0v) is 9.60. The summed E-state index contributed by atoms with van der Waals surface area (Å²) >= 11 is 0. The Bertz CT molecular complexity index is 433. The average molecular weight is 237 g/mol. The molecule has 0 saturated heterocycles. The molecule has 1 amide bonds. The number of carboxylic acids is 1. The van der Waals surface area contributed by atoms with Gasteiger partial charge in [-0.3, -0.25) is 9.59 Å². The summed E-state index contributed by atoms with van der Waals surface area (Å²) in [5.74, 6) is -0.657. The van der Waals surface area contributed by atoms with E-state index in [1.54, 1.807) is 13.0 Å². The van der Waals surface area contributed by atoms with Gasteiger partial charge >= 0.3 is 5.97 Å². The van der Waals surface area contributed by atoms with Crippen LogP contribution in [0.4, 0.5) is 0 Å². The Kier molecular flexibility index (Phi) is 3.17. The topological polar surface area (TPSA) is 79.5 Å². The van der Waals surface area contributed by atoms with Gasteiger partial charge in [0.15, 0.2) is 5.76 Å². The Morgan fingerprint density at radius 3 is 2.76 bits per heavy atom. The van der Waals surface area contributed by atoms with E-state index in [4.69, 9.17) is 9.52 Å². The molecule has 1 aromatic heterocycles. The quantitative estimate of drug-likeness (QED) is 0.814. The van der Waals surface area contributed by atoms with Gasteiger partial charge in [-0.15, -0.1) is 0 Å². The number of hydrogen-bond acceptors (Lipinski definition) is 3. The molecule has 92 valence electrons. The molecule has 1 fully saturated rings. The number of carboxylic acid groups (broad SMARTS) is 1. The van der Waals surface area contributed by atoms with E-state index in [9.17, 15) is 9.59 Å². The first-order chi connectivity index (χ1) is 8.08. The van der Waals surface area contributed by atoms with E-state index in [1.165, 1.54) is 6.26 Å².